The Kier molecular flexibility index (Phi) is 10.9. The second kappa shape index (κ2) is 7.81. The SMILES string of the molecule is CC(C)(C)c1cc(O)cc(Cl)c1.[Cl-].[Cl-].[Ti+2]. The second-order valence-electron chi connectivity index (χ2n) is 3.95. The predicted octanol–water partition coefficient (Wildman–Crippen LogP) is -2.65. The number of phenols is 1. The van der Waals surface area contributed by atoms with Crippen LogP contribution in [0.1, 0.15) is 26.3 Å². The van der Waals surface area contributed by atoms with Gasteiger partial charge in [-0.3, -0.25) is 0 Å². The Morgan fingerprint density at radius 2 is 1.53 bits per heavy atom. The third kappa shape index (κ3) is 6.70. The van der Waals surface area contributed by atoms with Crippen LogP contribution in [-0.2, 0) is 27.1 Å². The van der Waals surface area contributed by atoms with Gasteiger partial charge >= 0.3 is 21.7 Å². The average Bonchev–Trinajstić information content (AvgIpc) is 1.82. The molecular formula is C10H13Cl3OTi. The molecule has 0 aliphatic heterocycles. The van der Waals surface area contributed by atoms with E-state index in [9.17, 15) is 5.11 Å². The standard InChI is InChI=1S/C10H13ClO.2ClH.Ti/c1-10(2,3)7-4-8(11)6-9(12)5-7;;;/h4-6,12H,1-3H3;2*1H;/q;;;+2/p-2. The number of rotatable bonds is 0. The zero-order chi connectivity index (χ0) is 9.35. The molecule has 0 bridgehead atoms. The zero-order valence-corrected chi connectivity index (χ0v) is 12.6. The summed E-state index contributed by atoms with van der Waals surface area (Å²) in [5, 5.41) is 9.86. The number of benzene rings is 1. The third-order valence-corrected chi connectivity index (χ3v) is 1.97. The van der Waals surface area contributed by atoms with Gasteiger partial charge < -0.3 is 29.9 Å². The van der Waals surface area contributed by atoms with Crippen molar-refractivity contribution in [2.75, 3.05) is 0 Å². The van der Waals surface area contributed by atoms with Gasteiger partial charge in [0.15, 0.2) is 0 Å². The molecule has 0 aromatic heterocycles. The van der Waals surface area contributed by atoms with Crippen molar-refractivity contribution >= 4 is 11.6 Å². The van der Waals surface area contributed by atoms with Crippen molar-refractivity contribution in [2.45, 2.75) is 26.2 Å². The number of phenolic OH excluding ortho intramolecular Hbond substituents is 1. The average molecular weight is 303 g/mol. The monoisotopic (exact) mass is 302 g/mol. The van der Waals surface area contributed by atoms with Gasteiger partial charge in [-0.2, -0.15) is 0 Å². The third-order valence-electron chi connectivity index (χ3n) is 1.75. The molecule has 0 atom stereocenters. The van der Waals surface area contributed by atoms with E-state index >= 15 is 0 Å². The Morgan fingerprint density at radius 1 is 1.07 bits per heavy atom. The molecular weight excluding hydrogens is 290 g/mol. The van der Waals surface area contributed by atoms with Crippen molar-refractivity contribution in [3.05, 3.63) is 28.8 Å². The molecule has 84 valence electrons. The number of hydrogen-bond donors (Lipinski definition) is 1. The van der Waals surface area contributed by atoms with Gasteiger partial charge in [-0.1, -0.05) is 32.4 Å². The predicted molar refractivity (Wildman–Crippen MR) is 51.8 cm³/mol. The summed E-state index contributed by atoms with van der Waals surface area (Å²) in [6, 6.07) is 5.16. The van der Waals surface area contributed by atoms with Crippen LogP contribution in [0.4, 0.5) is 0 Å². The molecule has 0 aliphatic carbocycles. The summed E-state index contributed by atoms with van der Waals surface area (Å²) in [6.45, 7) is 6.24. The maximum atomic E-state index is 9.27. The van der Waals surface area contributed by atoms with Crippen molar-refractivity contribution in [3.63, 3.8) is 0 Å². The van der Waals surface area contributed by atoms with E-state index in [0.29, 0.717) is 5.02 Å². The number of hydrogen-bond acceptors (Lipinski definition) is 1. The van der Waals surface area contributed by atoms with Gasteiger partial charge in [0.1, 0.15) is 5.75 Å². The van der Waals surface area contributed by atoms with Crippen molar-refractivity contribution < 1.29 is 51.6 Å². The fourth-order valence-electron chi connectivity index (χ4n) is 1.01. The fourth-order valence-corrected chi connectivity index (χ4v) is 1.24. The molecule has 1 aromatic carbocycles. The van der Waals surface area contributed by atoms with Crippen LogP contribution in [0, 0.1) is 0 Å². The first-order valence-electron chi connectivity index (χ1n) is 3.89. The zero-order valence-electron chi connectivity index (χ0n) is 8.81. The van der Waals surface area contributed by atoms with Crippen LogP contribution in [0.5, 0.6) is 5.75 Å². The van der Waals surface area contributed by atoms with E-state index in [-0.39, 0.29) is 57.7 Å². The molecule has 1 N–H and O–H groups in total. The second-order valence-corrected chi connectivity index (χ2v) is 4.38. The van der Waals surface area contributed by atoms with Crippen molar-refractivity contribution in [1.82, 2.24) is 0 Å². The molecule has 0 aliphatic rings. The fraction of sp³-hybridized carbons (Fsp3) is 0.400. The molecule has 0 heterocycles. The van der Waals surface area contributed by atoms with Gasteiger partial charge in [-0.25, -0.2) is 0 Å². The molecule has 1 nitrogen and oxygen atoms in total. The van der Waals surface area contributed by atoms with Crippen molar-refractivity contribution in [2.24, 2.45) is 0 Å². The van der Waals surface area contributed by atoms with E-state index in [4.69, 9.17) is 11.6 Å². The Balaban J connectivity index is -0.000000480. The molecule has 0 saturated carbocycles. The molecule has 0 unspecified atom stereocenters. The van der Waals surface area contributed by atoms with Crippen LogP contribution in [0.2, 0.25) is 5.02 Å². The molecule has 0 radical (unpaired) electrons. The number of halogens is 3. The van der Waals surface area contributed by atoms with Gasteiger partial charge in [0, 0.05) is 5.02 Å². The minimum atomic E-state index is 0. The summed E-state index contributed by atoms with van der Waals surface area (Å²) >= 11 is 5.80. The first-order chi connectivity index (χ1) is 5.39. The summed E-state index contributed by atoms with van der Waals surface area (Å²) in [6.07, 6.45) is 0. The summed E-state index contributed by atoms with van der Waals surface area (Å²) in [4.78, 5) is 0. The minimum absolute atomic E-state index is 0. The molecule has 5 heteroatoms. The maximum Gasteiger partial charge on any atom is 2.00 e. The molecule has 0 amide bonds. The first kappa shape index (κ1) is 20.9. The molecule has 0 saturated heterocycles. The maximum absolute atomic E-state index is 9.27. The quantitative estimate of drug-likeness (QED) is 0.519. The Hall–Kier alpha value is 0.604. The normalized spacial score (nSPS) is 9.33. The van der Waals surface area contributed by atoms with E-state index in [0.717, 1.165) is 5.56 Å². The van der Waals surface area contributed by atoms with Crippen LogP contribution in [0.15, 0.2) is 18.2 Å². The summed E-state index contributed by atoms with van der Waals surface area (Å²) < 4.78 is 0. The van der Waals surface area contributed by atoms with Crippen molar-refractivity contribution in [1.29, 1.82) is 0 Å². The summed E-state index contributed by atoms with van der Waals surface area (Å²) in [5.41, 5.74) is 1.08. The minimum Gasteiger partial charge on any atom is -1.00 e. The molecule has 15 heavy (non-hydrogen) atoms. The number of aromatic hydroxyl groups is 1. The first-order valence-corrected chi connectivity index (χ1v) is 4.27. The van der Waals surface area contributed by atoms with E-state index in [1.165, 1.54) is 6.07 Å². The molecule has 0 fully saturated rings. The Labute approximate surface area is 123 Å². The summed E-state index contributed by atoms with van der Waals surface area (Å²) in [5.74, 6) is 0.229. The van der Waals surface area contributed by atoms with E-state index in [2.05, 4.69) is 20.8 Å². The smallest absolute Gasteiger partial charge is 1.00 e. The Bertz CT molecular complexity index is 277. The van der Waals surface area contributed by atoms with Gasteiger partial charge in [0.25, 0.3) is 0 Å². The van der Waals surface area contributed by atoms with Gasteiger partial charge in [-0.05, 0) is 29.2 Å². The van der Waals surface area contributed by atoms with Gasteiger partial charge in [0.05, 0.1) is 0 Å². The topological polar surface area (TPSA) is 20.2 Å². The van der Waals surface area contributed by atoms with Crippen LogP contribution in [-0.4, -0.2) is 5.11 Å². The van der Waals surface area contributed by atoms with Gasteiger partial charge in [-0.15, -0.1) is 0 Å². The van der Waals surface area contributed by atoms with Crippen LogP contribution < -0.4 is 24.8 Å². The van der Waals surface area contributed by atoms with E-state index < -0.39 is 0 Å². The molecule has 1 aromatic rings. The van der Waals surface area contributed by atoms with Crippen LogP contribution in [0.25, 0.3) is 0 Å². The Morgan fingerprint density at radius 3 is 1.87 bits per heavy atom. The van der Waals surface area contributed by atoms with E-state index in [1.807, 2.05) is 6.07 Å². The summed E-state index contributed by atoms with van der Waals surface area (Å²) in [7, 11) is 0. The van der Waals surface area contributed by atoms with Crippen molar-refractivity contribution in [3.8, 4) is 5.75 Å². The largest absolute Gasteiger partial charge is 2.00 e. The van der Waals surface area contributed by atoms with Gasteiger partial charge in [0.2, 0.25) is 0 Å². The van der Waals surface area contributed by atoms with E-state index in [1.54, 1.807) is 6.07 Å². The molecule has 0 spiro atoms. The molecule has 1 rings (SSSR count). The van der Waals surface area contributed by atoms with Crippen LogP contribution >= 0.6 is 11.6 Å². The van der Waals surface area contributed by atoms with Crippen LogP contribution in [0.3, 0.4) is 0 Å².